The van der Waals surface area contributed by atoms with Crippen LogP contribution in [0.25, 0.3) is 0 Å². The van der Waals surface area contributed by atoms with Crippen LogP contribution in [0, 0.1) is 5.92 Å². The van der Waals surface area contributed by atoms with Crippen LogP contribution >= 0.6 is 23.2 Å². The van der Waals surface area contributed by atoms with Gasteiger partial charge in [-0.05, 0) is 31.0 Å². The SMILES string of the molecule is NC(=O)[C@@H]1CCC[NH+](CC(=O)Nc2cc(Cl)cc(Cl)c2)C1. The summed E-state index contributed by atoms with van der Waals surface area (Å²) in [6.45, 7) is 1.78. The fourth-order valence-electron chi connectivity index (χ4n) is 2.61. The van der Waals surface area contributed by atoms with E-state index < -0.39 is 0 Å². The molecule has 1 aromatic rings. The summed E-state index contributed by atoms with van der Waals surface area (Å²) in [5, 5.41) is 3.71. The van der Waals surface area contributed by atoms with Gasteiger partial charge in [-0.2, -0.15) is 0 Å². The predicted molar refractivity (Wildman–Crippen MR) is 82.6 cm³/mol. The van der Waals surface area contributed by atoms with Gasteiger partial charge in [0.05, 0.1) is 19.0 Å². The fraction of sp³-hybridized carbons (Fsp3) is 0.429. The molecule has 1 saturated heterocycles. The highest BCUT2D eigenvalue weighted by atomic mass is 35.5. The number of nitrogens with one attached hydrogen (secondary N) is 2. The van der Waals surface area contributed by atoms with Gasteiger partial charge in [-0.3, -0.25) is 9.59 Å². The van der Waals surface area contributed by atoms with E-state index in [-0.39, 0.29) is 17.7 Å². The Hall–Kier alpha value is -1.30. The Labute approximate surface area is 133 Å². The van der Waals surface area contributed by atoms with Gasteiger partial charge in [0.15, 0.2) is 6.54 Å². The van der Waals surface area contributed by atoms with Gasteiger partial charge in [0.25, 0.3) is 5.91 Å². The van der Waals surface area contributed by atoms with Gasteiger partial charge in [0, 0.05) is 15.7 Å². The maximum absolute atomic E-state index is 12.0. The number of quaternary nitrogens is 1. The van der Waals surface area contributed by atoms with Crippen molar-refractivity contribution in [3.63, 3.8) is 0 Å². The topological polar surface area (TPSA) is 76.6 Å². The molecule has 0 bridgehead atoms. The molecule has 0 radical (unpaired) electrons. The molecule has 1 aliphatic rings. The molecule has 21 heavy (non-hydrogen) atoms. The number of likely N-dealkylation sites (tertiary alicyclic amines) is 1. The molecule has 114 valence electrons. The first-order valence-electron chi connectivity index (χ1n) is 6.83. The second kappa shape index (κ2) is 7.11. The minimum absolute atomic E-state index is 0.131. The molecule has 0 spiro atoms. The van der Waals surface area contributed by atoms with Crippen LogP contribution in [0.1, 0.15) is 12.8 Å². The summed E-state index contributed by atoms with van der Waals surface area (Å²) in [4.78, 5) is 24.3. The quantitative estimate of drug-likeness (QED) is 0.760. The second-order valence-corrected chi connectivity index (χ2v) is 6.20. The summed E-state index contributed by atoms with van der Waals surface area (Å²) >= 11 is 11.8. The lowest BCUT2D eigenvalue weighted by atomic mass is 9.97. The maximum atomic E-state index is 12.0. The van der Waals surface area contributed by atoms with Gasteiger partial charge >= 0.3 is 0 Å². The third kappa shape index (κ3) is 4.88. The van der Waals surface area contributed by atoms with Gasteiger partial charge in [-0.25, -0.2) is 0 Å². The third-order valence-electron chi connectivity index (χ3n) is 3.58. The minimum atomic E-state index is -0.283. The molecular formula is C14H18Cl2N3O2+. The van der Waals surface area contributed by atoms with E-state index in [0.29, 0.717) is 28.8 Å². The monoisotopic (exact) mass is 330 g/mol. The van der Waals surface area contributed by atoms with Gasteiger partial charge in [0.2, 0.25) is 5.91 Å². The number of hydrogen-bond donors (Lipinski definition) is 3. The molecular weight excluding hydrogens is 313 g/mol. The van der Waals surface area contributed by atoms with Crippen molar-refractivity contribution in [1.29, 1.82) is 0 Å². The number of piperidine rings is 1. The van der Waals surface area contributed by atoms with E-state index in [9.17, 15) is 9.59 Å². The van der Waals surface area contributed by atoms with Crippen molar-refractivity contribution in [1.82, 2.24) is 0 Å². The van der Waals surface area contributed by atoms with E-state index in [1.807, 2.05) is 0 Å². The molecule has 1 fully saturated rings. The molecule has 4 N–H and O–H groups in total. The molecule has 1 heterocycles. The van der Waals surface area contributed by atoms with Gasteiger partial charge in [-0.15, -0.1) is 0 Å². The lowest BCUT2D eigenvalue weighted by Crippen LogP contribution is -3.14. The van der Waals surface area contributed by atoms with Crippen LogP contribution in [0.2, 0.25) is 10.0 Å². The molecule has 2 rings (SSSR count). The number of anilines is 1. The Morgan fingerprint density at radius 2 is 1.95 bits per heavy atom. The Morgan fingerprint density at radius 1 is 1.29 bits per heavy atom. The Bertz CT molecular complexity index is 531. The highest BCUT2D eigenvalue weighted by Gasteiger charge is 2.28. The number of rotatable bonds is 4. The Morgan fingerprint density at radius 3 is 2.57 bits per heavy atom. The molecule has 2 amide bonds. The Balaban J connectivity index is 1.90. The number of carbonyl (C=O) groups excluding carboxylic acids is 2. The zero-order chi connectivity index (χ0) is 15.4. The average molecular weight is 331 g/mol. The first-order valence-corrected chi connectivity index (χ1v) is 7.58. The first-order chi connectivity index (χ1) is 9.94. The van der Waals surface area contributed by atoms with E-state index >= 15 is 0 Å². The van der Waals surface area contributed by atoms with Gasteiger partial charge in [-0.1, -0.05) is 23.2 Å². The van der Waals surface area contributed by atoms with Crippen molar-refractivity contribution >= 4 is 40.7 Å². The lowest BCUT2D eigenvalue weighted by molar-refractivity contribution is -0.899. The van der Waals surface area contributed by atoms with Crippen molar-refractivity contribution < 1.29 is 14.5 Å². The number of hydrogen-bond acceptors (Lipinski definition) is 2. The predicted octanol–water partition coefficient (Wildman–Crippen LogP) is 0.712. The van der Waals surface area contributed by atoms with Crippen LogP contribution in [-0.4, -0.2) is 31.4 Å². The number of nitrogens with two attached hydrogens (primary N) is 1. The van der Waals surface area contributed by atoms with Gasteiger partial charge in [0.1, 0.15) is 0 Å². The first kappa shape index (κ1) is 16.1. The van der Waals surface area contributed by atoms with Crippen molar-refractivity contribution in [2.45, 2.75) is 12.8 Å². The molecule has 5 nitrogen and oxygen atoms in total. The largest absolute Gasteiger partial charge is 0.369 e. The smallest absolute Gasteiger partial charge is 0.279 e. The van der Waals surface area contributed by atoms with Crippen molar-refractivity contribution in [3.8, 4) is 0 Å². The van der Waals surface area contributed by atoms with Crippen molar-refractivity contribution in [2.75, 3.05) is 25.0 Å². The van der Waals surface area contributed by atoms with Crippen LogP contribution in [0.15, 0.2) is 18.2 Å². The fourth-order valence-corrected chi connectivity index (χ4v) is 3.14. The molecule has 1 aliphatic heterocycles. The van der Waals surface area contributed by atoms with E-state index in [4.69, 9.17) is 28.9 Å². The molecule has 1 aromatic carbocycles. The summed E-state index contributed by atoms with van der Waals surface area (Å²) in [6.07, 6.45) is 1.71. The molecule has 0 aliphatic carbocycles. The molecule has 7 heteroatoms. The molecule has 0 saturated carbocycles. The number of halogens is 2. The normalized spacial score (nSPS) is 21.8. The number of primary amides is 1. The summed E-state index contributed by atoms with van der Waals surface area (Å²) < 4.78 is 0. The van der Waals surface area contributed by atoms with Crippen LogP contribution < -0.4 is 16.0 Å². The standard InChI is InChI=1S/C14H17Cl2N3O2/c15-10-4-11(16)6-12(5-10)18-13(20)8-19-3-1-2-9(7-19)14(17)21/h4-6,9H,1-3,7-8H2,(H2,17,21)(H,18,20)/p+1/t9-/m1/s1. The number of carbonyl (C=O) groups is 2. The van der Waals surface area contributed by atoms with E-state index in [0.717, 1.165) is 24.3 Å². The van der Waals surface area contributed by atoms with Crippen LogP contribution in [0.5, 0.6) is 0 Å². The number of amides is 2. The summed E-state index contributed by atoms with van der Waals surface area (Å²) in [7, 11) is 0. The zero-order valence-corrected chi connectivity index (χ0v) is 13.0. The van der Waals surface area contributed by atoms with Crippen LogP contribution in [0.3, 0.4) is 0 Å². The minimum Gasteiger partial charge on any atom is -0.369 e. The molecule has 2 atom stereocenters. The summed E-state index contributed by atoms with van der Waals surface area (Å²) in [6, 6.07) is 4.89. The van der Waals surface area contributed by atoms with Crippen molar-refractivity contribution in [2.24, 2.45) is 11.7 Å². The highest BCUT2D eigenvalue weighted by Crippen LogP contribution is 2.22. The Kier molecular flexibility index (Phi) is 5.45. The summed E-state index contributed by atoms with van der Waals surface area (Å²) in [5.74, 6) is -0.551. The molecule has 1 unspecified atom stereocenters. The van der Waals surface area contributed by atoms with Crippen LogP contribution in [0.4, 0.5) is 5.69 Å². The van der Waals surface area contributed by atoms with E-state index in [2.05, 4.69) is 5.32 Å². The second-order valence-electron chi connectivity index (χ2n) is 5.33. The van der Waals surface area contributed by atoms with Crippen LogP contribution in [-0.2, 0) is 9.59 Å². The van der Waals surface area contributed by atoms with E-state index in [1.165, 1.54) is 0 Å². The van der Waals surface area contributed by atoms with Gasteiger partial charge < -0.3 is 16.0 Å². The average Bonchev–Trinajstić information content (AvgIpc) is 2.37. The third-order valence-corrected chi connectivity index (χ3v) is 4.01. The highest BCUT2D eigenvalue weighted by molar-refractivity contribution is 6.35. The van der Waals surface area contributed by atoms with E-state index in [1.54, 1.807) is 18.2 Å². The van der Waals surface area contributed by atoms with Crippen molar-refractivity contribution in [3.05, 3.63) is 28.2 Å². The lowest BCUT2D eigenvalue weighted by Gasteiger charge is -2.27. The maximum Gasteiger partial charge on any atom is 0.279 e. The molecule has 0 aromatic heterocycles. The zero-order valence-electron chi connectivity index (χ0n) is 11.5. The summed E-state index contributed by atoms with van der Waals surface area (Å²) in [5.41, 5.74) is 5.90. The number of benzene rings is 1.